The van der Waals surface area contributed by atoms with Crippen molar-refractivity contribution in [1.82, 2.24) is 5.01 Å². The van der Waals surface area contributed by atoms with E-state index in [0.29, 0.717) is 24.1 Å². The van der Waals surface area contributed by atoms with Gasteiger partial charge in [-0.05, 0) is 67.1 Å². The van der Waals surface area contributed by atoms with Gasteiger partial charge in [0, 0.05) is 5.56 Å². The average molecular weight is 497 g/mol. The van der Waals surface area contributed by atoms with Gasteiger partial charge in [-0.15, -0.1) is 0 Å². The standard InChI is InChI=1S/C28H24N4O3S/c1-18-7-11-21(12-8-18)34-15-16-35-22-13-9-20(10-14-22)17-24-25(29)32-28(30-26(24)33)36-27(31-32)23-6-4-3-5-19(23)2/h3-14,17,29H,15-16H2,1-2H3/b24-17-,29-25?. The van der Waals surface area contributed by atoms with Crippen molar-refractivity contribution < 1.29 is 14.3 Å². The van der Waals surface area contributed by atoms with Crippen LogP contribution in [0.2, 0.25) is 0 Å². The highest BCUT2D eigenvalue weighted by Gasteiger charge is 2.36. The normalized spacial score (nSPS) is 16.1. The topological polar surface area (TPSA) is 87.3 Å². The Bertz CT molecular complexity index is 1410. The van der Waals surface area contributed by atoms with Gasteiger partial charge in [-0.2, -0.15) is 15.1 Å². The molecular weight excluding hydrogens is 472 g/mol. The summed E-state index contributed by atoms with van der Waals surface area (Å²) in [6.45, 7) is 4.87. The Morgan fingerprint density at radius 2 is 1.56 bits per heavy atom. The lowest BCUT2D eigenvalue weighted by atomic mass is 10.1. The molecule has 2 aliphatic heterocycles. The molecule has 0 aromatic heterocycles. The first kappa shape index (κ1) is 23.6. The van der Waals surface area contributed by atoms with Crippen molar-refractivity contribution in [2.24, 2.45) is 10.1 Å². The van der Waals surface area contributed by atoms with Crippen LogP contribution in [0, 0.1) is 19.3 Å². The third-order valence-electron chi connectivity index (χ3n) is 5.66. The summed E-state index contributed by atoms with van der Waals surface area (Å²) in [5.41, 5.74) is 4.17. The molecule has 180 valence electrons. The first-order valence-electron chi connectivity index (χ1n) is 11.5. The number of aryl methyl sites for hydroxylation is 2. The fraction of sp³-hybridized carbons (Fsp3) is 0.143. The van der Waals surface area contributed by atoms with E-state index in [1.54, 1.807) is 6.08 Å². The highest BCUT2D eigenvalue weighted by Crippen LogP contribution is 2.32. The highest BCUT2D eigenvalue weighted by atomic mass is 32.2. The summed E-state index contributed by atoms with van der Waals surface area (Å²) in [5, 5.41) is 15.7. The smallest absolute Gasteiger partial charge is 0.283 e. The van der Waals surface area contributed by atoms with Gasteiger partial charge in [-0.25, -0.2) is 0 Å². The lowest BCUT2D eigenvalue weighted by molar-refractivity contribution is -0.114. The molecule has 5 rings (SSSR count). The minimum Gasteiger partial charge on any atom is -0.490 e. The quantitative estimate of drug-likeness (QED) is 0.348. The molecule has 0 saturated heterocycles. The highest BCUT2D eigenvalue weighted by molar-refractivity contribution is 8.27. The molecule has 0 fully saturated rings. The molecule has 0 atom stereocenters. The summed E-state index contributed by atoms with van der Waals surface area (Å²) in [6.07, 6.45) is 1.65. The lowest BCUT2D eigenvalue weighted by Crippen LogP contribution is -2.35. The molecule has 1 amide bonds. The van der Waals surface area contributed by atoms with E-state index < -0.39 is 5.91 Å². The number of carbonyl (C=O) groups is 1. The van der Waals surface area contributed by atoms with Gasteiger partial charge in [0.2, 0.25) is 5.17 Å². The molecule has 1 N–H and O–H groups in total. The Morgan fingerprint density at radius 3 is 2.22 bits per heavy atom. The summed E-state index contributed by atoms with van der Waals surface area (Å²) in [7, 11) is 0. The largest absolute Gasteiger partial charge is 0.490 e. The van der Waals surface area contributed by atoms with Crippen molar-refractivity contribution in [1.29, 1.82) is 5.41 Å². The third kappa shape index (κ3) is 5.08. The molecule has 2 heterocycles. The number of fused-ring (bicyclic) bond motifs is 1. The minimum absolute atomic E-state index is 0.00895. The zero-order chi connectivity index (χ0) is 25.1. The zero-order valence-corrected chi connectivity index (χ0v) is 20.7. The molecule has 0 aliphatic carbocycles. The number of thioether (sulfide) groups is 1. The monoisotopic (exact) mass is 496 g/mol. The number of amidine groups is 2. The average Bonchev–Trinajstić information content (AvgIpc) is 3.30. The van der Waals surface area contributed by atoms with Crippen molar-refractivity contribution in [3.8, 4) is 11.5 Å². The second-order valence-corrected chi connectivity index (χ2v) is 9.28. The van der Waals surface area contributed by atoms with E-state index in [1.165, 1.54) is 22.3 Å². The Kier molecular flexibility index (Phi) is 6.69. The van der Waals surface area contributed by atoms with Crippen LogP contribution in [0.15, 0.2) is 88.5 Å². The fourth-order valence-electron chi connectivity index (χ4n) is 3.69. The number of hydrogen-bond donors (Lipinski definition) is 1. The van der Waals surface area contributed by atoms with E-state index in [1.807, 2.05) is 86.6 Å². The van der Waals surface area contributed by atoms with Gasteiger partial charge in [0.05, 0.1) is 5.57 Å². The van der Waals surface area contributed by atoms with E-state index in [9.17, 15) is 4.79 Å². The first-order valence-corrected chi connectivity index (χ1v) is 12.3. The summed E-state index contributed by atoms with van der Waals surface area (Å²) in [5.74, 6) is 1.06. The number of amides is 1. The molecule has 3 aromatic rings. The van der Waals surface area contributed by atoms with Gasteiger partial charge in [0.15, 0.2) is 5.84 Å². The third-order valence-corrected chi connectivity index (χ3v) is 6.60. The van der Waals surface area contributed by atoms with E-state index >= 15 is 0 Å². The molecule has 7 nitrogen and oxygen atoms in total. The Balaban J connectivity index is 1.23. The molecule has 2 aliphatic rings. The Morgan fingerprint density at radius 1 is 0.917 bits per heavy atom. The van der Waals surface area contributed by atoms with Crippen LogP contribution in [0.1, 0.15) is 22.3 Å². The van der Waals surface area contributed by atoms with Gasteiger partial charge in [-0.3, -0.25) is 10.2 Å². The Hall–Kier alpha value is -4.17. The second kappa shape index (κ2) is 10.2. The molecule has 0 unspecified atom stereocenters. The van der Waals surface area contributed by atoms with Crippen LogP contribution < -0.4 is 9.47 Å². The maximum Gasteiger partial charge on any atom is 0.283 e. The molecule has 8 heteroatoms. The van der Waals surface area contributed by atoms with E-state index in [0.717, 1.165) is 27.5 Å². The van der Waals surface area contributed by atoms with Crippen LogP contribution in [0.4, 0.5) is 0 Å². The first-order chi connectivity index (χ1) is 17.5. The molecule has 0 saturated carbocycles. The zero-order valence-electron chi connectivity index (χ0n) is 19.9. The minimum atomic E-state index is -0.450. The summed E-state index contributed by atoms with van der Waals surface area (Å²) >= 11 is 1.30. The molecule has 0 spiro atoms. The maximum absolute atomic E-state index is 12.7. The summed E-state index contributed by atoms with van der Waals surface area (Å²) in [4.78, 5) is 16.9. The van der Waals surface area contributed by atoms with Gasteiger partial charge in [0.25, 0.3) is 5.91 Å². The van der Waals surface area contributed by atoms with Crippen molar-refractivity contribution in [2.75, 3.05) is 13.2 Å². The van der Waals surface area contributed by atoms with Crippen LogP contribution in [-0.4, -0.2) is 40.2 Å². The summed E-state index contributed by atoms with van der Waals surface area (Å²) < 4.78 is 11.4. The van der Waals surface area contributed by atoms with Crippen LogP contribution in [0.5, 0.6) is 11.5 Å². The number of rotatable bonds is 7. The van der Waals surface area contributed by atoms with Crippen molar-refractivity contribution in [3.63, 3.8) is 0 Å². The Labute approximate surface area is 213 Å². The molecule has 0 radical (unpaired) electrons. The van der Waals surface area contributed by atoms with Crippen LogP contribution in [-0.2, 0) is 4.79 Å². The van der Waals surface area contributed by atoms with Gasteiger partial charge in [-0.1, -0.05) is 54.1 Å². The van der Waals surface area contributed by atoms with E-state index in [-0.39, 0.29) is 11.4 Å². The second-order valence-electron chi connectivity index (χ2n) is 8.32. The van der Waals surface area contributed by atoms with E-state index in [4.69, 9.17) is 14.9 Å². The fourth-order valence-corrected chi connectivity index (χ4v) is 4.68. The number of aliphatic imine (C=N–C) groups is 1. The van der Waals surface area contributed by atoms with Crippen molar-refractivity contribution in [2.45, 2.75) is 13.8 Å². The van der Waals surface area contributed by atoms with Gasteiger partial charge < -0.3 is 9.47 Å². The lowest BCUT2D eigenvalue weighted by Gasteiger charge is -2.20. The number of ether oxygens (including phenoxy) is 2. The number of carbonyl (C=O) groups excluding carboxylic acids is 1. The SMILES string of the molecule is Cc1ccc(OCCOc2ccc(/C=C3/C(=N)N4N=C(c5ccccc5C)SC4=NC3=O)cc2)cc1. The van der Waals surface area contributed by atoms with E-state index in [2.05, 4.69) is 10.1 Å². The van der Waals surface area contributed by atoms with Crippen LogP contribution in [0.3, 0.4) is 0 Å². The number of nitrogens with one attached hydrogen (secondary N) is 1. The maximum atomic E-state index is 12.7. The van der Waals surface area contributed by atoms with Gasteiger partial charge >= 0.3 is 0 Å². The number of hydrogen-bond acceptors (Lipinski definition) is 6. The van der Waals surface area contributed by atoms with Gasteiger partial charge in [0.1, 0.15) is 29.8 Å². The molecule has 3 aromatic carbocycles. The van der Waals surface area contributed by atoms with Crippen LogP contribution in [0.25, 0.3) is 6.08 Å². The predicted octanol–water partition coefficient (Wildman–Crippen LogP) is 5.43. The van der Waals surface area contributed by atoms with Crippen molar-refractivity contribution in [3.05, 3.63) is 101 Å². The number of hydrazone groups is 1. The summed E-state index contributed by atoms with van der Waals surface area (Å²) in [6, 6.07) is 23.1. The number of benzene rings is 3. The van der Waals surface area contributed by atoms with Crippen LogP contribution >= 0.6 is 11.8 Å². The predicted molar refractivity (Wildman–Crippen MR) is 144 cm³/mol. The molecule has 36 heavy (non-hydrogen) atoms. The molecular formula is C28H24N4O3S. The number of nitrogens with zero attached hydrogens (tertiary/aromatic N) is 3. The molecule has 0 bridgehead atoms. The van der Waals surface area contributed by atoms with Crippen molar-refractivity contribution >= 4 is 39.8 Å².